The molecular formula is C19H20ClNO3S. The minimum Gasteiger partial charge on any atom is -0.457 e. The number of esters is 1. The molecule has 2 rings (SSSR count). The summed E-state index contributed by atoms with van der Waals surface area (Å²) in [5.41, 5.74) is 1.32. The summed E-state index contributed by atoms with van der Waals surface area (Å²) in [6, 6.07) is 14.3. The average molecular weight is 378 g/mol. The third kappa shape index (κ3) is 6.44. The van der Waals surface area contributed by atoms with Crippen molar-refractivity contribution in [1.29, 1.82) is 0 Å². The maximum atomic E-state index is 12.4. The normalized spacial score (nSPS) is 10.6. The van der Waals surface area contributed by atoms with Crippen LogP contribution in [0.2, 0.25) is 5.02 Å². The average Bonchev–Trinajstić information content (AvgIpc) is 2.59. The van der Waals surface area contributed by atoms with Crippen LogP contribution in [-0.2, 0) is 16.1 Å². The molecule has 1 amide bonds. The number of thioether (sulfide) groups is 1. The number of amides is 1. The molecule has 25 heavy (non-hydrogen) atoms. The summed E-state index contributed by atoms with van der Waals surface area (Å²) in [6.07, 6.45) is 0. The number of carbonyl (C=O) groups excluding carboxylic acids is 2. The van der Waals surface area contributed by atoms with Crippen molar-refractivity contribution in [2.24, 2.45) is 0 Å². The first-order valence-corrected chi connectivity index (χ1v) is 9.25. The monoisotopic (exact) mass is 377 g/mol. The van der Waals surface area contributed by atoms with Crippen molar-refractivity contribution >= 4 is 35.2 Å². The quantitative estimate of drug-likeness (QED) is 0.577. The number of ether oxygens (including phenoxy) is 1. The van der Waals surface area contributed by atoms with Crippen molar-refractivity contribution in [3.05, 3.63) is 64.7 Å². The topological polar surface area (TPSA) is 55.4 Å². The van der Waals surface area contributed by atoms with Gasteiger partial charge in [0.25, 0.3) is 0 Å². The van der Waals surface area contributed by atoms with Crippen LogP contribution in [0.1, 0.15) is 29.8 Å². The first-order chi connectivity index (χ1) is 12.0. The lowest BCUT2D eigenvalue weighted by atomic mass is 10.2. The predicted octanol–water partition coefficient (Wildman–Crippen LogP) is 4.31. The zero-order chi connectivity index (χ0) is 18.2. The zero-order valence-corrected chi connectivity index (χ0v) is 15.7. The summed E-state index contributed by atoms with van der Waals surface area (Å²) in [6.45, 7) is 3.98. The Hall–Kier alpha value is -1.98. The van der Waals surface area contributed by atoms with Crippen molar-refractivity contribution < 1.29 is 14.3 Å². The second-order valence-electron chi connectivity index (χ2n) is 5.71. The lowest BCUT2D eigenvalue weighted by molar-refractivity contribution is -0.119. The fourth-order valence-electron chi connectivity index (χ4n) is 2.08. The molecule has 0 spiro atoms. The van der Waals surface area contributed by atoms with Gasteiger partial charge in [-0.1, -0.05) is 35.9 Å². The van der Waals surface area contributed by atoms with Gasteiger partial charge in [0, 0.05) is 16.0 Å². The molecule has 0 fully saturated rings. The second-order valence-corrected chi connectivity index (χ2v) is 7.16. The summed E-state index contributed by atoms with van der Waals surface area (Å²) in [4.78, 5) is 24.9. The van der Waals surface area contributed by atoms with Crippen LogP contribution in [0, 0.1) is 0 Å². The number of carbonyl (C=O) groups is 2. The van der Waals surface area contributed by atoms with Crippen LogP contribution < -0.4 is 5.32 Å². The molecule has 0 saturated heterocycles. The minimum atomic E-state index is -0.415. The van der Waals surface area contributed by atoms with E-state index in [0.717, 1.165) is 10.5 Å². The van der Waals surface area contributed by atoms with Gasteiger partial charge in [-0.05, 0) is 43.7 Å². The summed E-state index contributed by atoms with van der Waals surface area (Å²) in [5, 5.41) is 3.46. The molecule has 0 unspecified atom stereocenters. The number of benzene rings is 2. The molecule has 0 bridgehead atoms. The Labute approximate surface area is 156 Å². The van der Waals surface area contributed by atoms with Gasteiger partial charge in [-0.25, -0.2) is 4.79 Å². The van der Waals surface area contributed by atoms with Gasteiger partial charge in [-0.2, -0.15) is 0 Å². The Morgan fingerprint density at radius 3 is 2.48 bits per heavy atom. The van der Waals surface area contributed by atoms with Gasteiger partial charge >= 0.3 is 5.97 Å². The summed E-state index contributed by atoms with van der Waals surface area (Å²) in [7, 11) is 0. The van der Waals surface area contributed by atoms with Gasteiger partial charge in [0.05, 0.1) is 11.3 Å². The Morgan fingerprint density at radius 2 is 1.80 bits per heavy atom. The van der Waals surface area contributed by atoms with Gasteiger partial charge in [0.15, 0.2) is 0 Å². The number of hydrogen-bond acceptors (Lipinski definition) is 4. The largest absolute Gasteiger partial charge is 0.457 e. The second kappa shape index (κ2) is 9.49. The maximum Gasteiger partial charge on any atom is 0.339 e. The molecule has 0 radical (unpaired) electrons. The fourth-order valence-corrected chi connectivity index (χ4v) is 3.05. The molecule has 0 aliphatic heterocycles. The van der Waals surface area contributed by atoms with Gasteiger partial charge in [-0.3, -0.25) is 4.79 Å². The first kappa shape index (κ1) is 19.3. The van der Waals surface area contributed by atoms with Crippen LogP contribution in [-0.4, -0.2) is 23.7 Å². The van der Waals surface area contributed by atoms with Gasteiger partial charge in [-0.15, -0.1) is 11.8 Å². The van der Waals surface area contributed by atoms with Crippen LogP contribution in [0.4, 0.5) is 0 Å². The number of halogens is 1. The Bertz CT molecular complexity index is 732. The molecule has 1 N–H and O–H groups in total. The van der Waals surface area contributed by atoms with Crippen LogP contribution in [0.3, 0.4) is 0 Å². The van der Waals surface area contributed by atoms with E-state index in [2.05, 4.69) is 5.32 Å². The fraction of sp³-hybridized carbons (Fsp3) is 0.263. The van der Waals surface area contributed by atoms with Gasteiger partial charge in [0.1, 0.15) is 6.61 Å². The minimum absolute atomic E-state index is 0.0654. The summed E-state index contributed by atoms with van der Waals surface area (Å²) in [5.74, 6) is -0.230. The zero-order valence-electron chi connectivity index (χ0n) is 14.1. The van der Waals surface area contributed by atoms with Crippen LogP contribution in [0.5, 0.6) is 0 Å². The predicted molar refractivity (Wildman–Crippen MR) is 101 cm³/mol. The Morgan fingerprint density at radius 1 is 1.12 bits per heavy atom. The third-order valence-electron chi connectivity index (χ3n) is 3.20. The van der Waals surface area contributed by atoms with Crippen LogP contribution >= 0.6 is 23.4 Å². The van der Waals surface area contributed by atoms with Gasteiger partial charge in [0.2, 0.25) is 5.91 Å². The highest BCUT2D eigenvalue weighted by Crippen LogP contribution is 2.23. The van der Waals surface area contributed by atoms with Crippen molar-refractivity contribution in [2.75, 3.05) is 5.75 Å². The number of nitrogens with one attached hydrogen (secondary N) is 1. The highest BCUT2D eigenvalue weighted by atomic mass is 35.5. The van der Waals surface area contributed by atoms with Crippen molar-refractivity contribution in [3.63, 3.8) is 0 Å². The molecule has 0 aromatic heterocycles. The highest BCUT2D eigenvalue weighted by molar-refractivity contribution is 8.00. The molecule has 0 aliphatic carbocycles. The number of rotatable bonds is 7. The lowest BCUT2D eigenvalue weighted by Crippen LogP contribution is -2.31. The summed E-state index contributed by atoms with van der Waals surface area (Å²) >= 11 is 7.16. The van der Waals surface area contributed by atoms with Gasteiger partial charge < -0.3 is 10.1 Å². The smallest absolute Gasteiger partial charge is 0.339 e. The van der Waals surface area contributed by atoms with Crippen LogP contribution in [0.25, 0.3) is 0 Å². The van der Waals surface area contributed by atoms with Crippen molar-refractivity contribution in [2.45, 2.75) is 31.4 Å². The maximum absolute atomic E-state index is 12.4. The van der Waals surface area contributed by atoms with E-state index in [1.165, 1.54) is 11.8 Å². The van der Waals surface area contributed by atoms with Crippen molar-refractivity contribution in [3.8, 4) is 0 Å². The van der Waals surface area contributed by atoms with Crippen LogP contribution in [0.15, 0.2) is 53.4 Å². The molecule has 6 heteroatoms. The standard InChI is InChI=1S/C19H20ClNO3S/c1-13(2)21-18(22)12-25-17-6-4-3-5-16(17)19(23)24-11-14-7-9-15(20)10-8-14/h3-10,13H,11-12H2,1-2H3,(H,21,22). The highest BCUT2D eigenvalue weighted by Gasteiger charge is 2.14. The molecule has 0 heterocycles. The molecule has 0 atom stereocenters. The van der Waals surface area contributed by atoms with E-state index >= 15 is 0 Å². The SMILES string of the molecule is CC(C)NC(=O)CSc1ccccc1C(=O)OCc1ccc(Cl)cc1. The van der Waals surface area contributed by atoms with E-state index in [4.69, 9.17) is 16.3 Å². The Kier molecular flexibility index (Phi) is 7.34. The van der Waals surface area contributed by atoms with E-state index in [9.17, 15) is 9.59 Å². The molecule has 132 valence electrons. The van der Waals surface area contributed by atoms with E-state index in [-0.39, 0.29) is 24.3 Å². The summed E-state index contributed by atoms with van der Waals surface area (Å²) < 4.78 is 5.37. The molecule has 2 aromatic carbocycles. The molecular weight excluding hydrogens is 358 g/mol. The third-order valence-corrected chi connectivity index (χ3v) is 4.52. The molecule has 2 aromatic rings. The van der Waals surface area contributed by atoms with E-state index in [1.807, 2.05) is 38.1 Å². The van der Waals surface area contributed by atoms with Crippen molar-refractivity contribution in [1.82, 2.24) is 5.32 Å². The molecule has 0 aliphatic rings. The van der Waals surface area contributed by atoms with E-state index in [1.54, 1.807) is 24.3 Å². The molecule has 0 saturated carbocycles. The lowest BCUT2D eigenvalue weighted by Gasteiger charge is -2.11. The number of hydrogen-bond donors (Lipinski definition) is 1. The van der Waals surface area contributed by atoms with E-state index < -0.39 is 5.97 Å². The Balaban J connectivity index is 1.97. The van der Waals surface area contributed by atoms with E-state index in [0.29, 0.717) is 10.6 Å². The first-order valence-electron chi connectivity index (χ1n) is 7.88. The molecule has 4 nitrogen and oxygen atoms in total.